The van der Waals surface area contributed by atoms with Gasteiger partial charge in [-0.15, -0.1) is 0 Å². The molecule has 1 atom stereocenters. The van der Waals surface area contributed by atoms with E-state index >= 15 is 0 Å². The molecule has 0 spiro atoms. The summed E-state index contributed by atoms with van der Waals surface area (Å²) in [6.45, 7) is 2.64. The van der Waals surface area contributed by atoms with E-state index in [4.69, 9.17) is 10.4 Å². The summed E-state index contributed by atoms with van der Waals surface area (Å²) in [7, 11) is 0. The predicted octanol–water partition coefficient (Wildman–Crippen LogP) is 2.38. The molecule has 1 aliphatic rings. The Balaban J connectivity index is 1.94. The molecule has 2 aromatic rings. The van der Waals surface area contributed by atoms with Crippen molar-refractivity contribution >= 4 is 5.97 Å². The van der Waals surface area contributed by atoms with Gasteiger partial charge in [-0.1, -0.05) is 6.07 Å². The molecule has 0 radical (unpaired) electrons. The van der Waals surface area contributed by atoms with Gasteiger partial charge in [0.25, 0.3) is 0 Å². The maximum atomic E-state index is 10.8. The van der Waals surface area contributed by atoms with E-state index in [0.29, 0.717) is 12.1 Å². The maximum absolute atomic E-state index is 10.8. The maximum Gasteiger partial charge on any atom is 0.303 e. The summed E-state index contributed by atoms with van der Waals surface area (Å²) in [5, 5.41) is 22.2. The molecule has 1 aromatic heterocycles. The molecule has 106 valence electrons. The number of carboxylic acid groups (broad SMARTS) is 1. The minimum Gasteiger partial charge on any atom is -0.481 e. The van der Waals surface area contributed by atoms with Crippen molar-refractivity contribution in [1.29, 1.82) is 5.26 Å². The monoisotopic (exact) mass is 281 g/mol. The number of carboxylic acids is 1. The normalized spacial score (nSPS) is 16.5. The van der Waals surface area contributed by atoms with Crippen LogP contribution in [0.3, 0.4) is 0 Å². The second-order valence-corrected chi connectivity index (χ2v) is 5.50. The van der Waals surface area contributed by atoms with Gasteiger partial charge in [0.1, 0.15) is 0 Å². The third kappa shape index (κ3) is 2.40. The second-order valence-electron chi connectivity index (χ2n) is 5.50. The van der Waals surface area contributed by atoms with Crippen LogP contribution in [0.4, 0.5) is 0 Å². The standard InChI is InChI=1S/C16H15N3O2/c1-10-4-11(7-17)2-3-13(10)14-8-18-19-9-12(5-15(14)19)6-16(20)21/h2-4,8,12H,5-6,9H2,1H3,(H,20,21). The van der Waals surface area contributed by atoms with Crippen LogP contribution in [0.15, 0.2) is 24.4 Å². The van der Waals surface area contributed by atoms with Crippen molar-refractivity contribution in [2.24, 2.45) is 5.92 Å². The van der Waals surface area contributed by atoms with Crippen LogP contribution in [0.25, 0.3) is 11.1 Å². The van der Waals surface area contributed by atoms with Crippen LogP contribution in [0.1, 0.15) is 23.2 Å². The largest absolute Gasteiger partial charge is 0.481 e. The topological polar surface area (TPSA) is 78.9 Å². The van der Waals surface area contributed by atoms with E-state index in [0.717, 1.165) is 28.8 Å². The molecule has 1 aromatic carbocycles. The van der Waals surface area contributed by atoms with Crippen LogP contribution in [-0.4, -0.2) is 20.9 Å². The number of hydrogen-bond acceptors (Lipinski definition) is 3. The number of aromatic nitrogens is 2. The summed E-state index contributed by atoms with van der Waals surface area (Å²) in [6.07, 6.45) is 2.75. The van der Waals surface area contributed by atoms with E-state index in [1.54, 1.807) is 6.07 Å². The van der Waals surface area contributed by atoms with Gasteiger partial charge in [-0.05, 0) is 42.5 Å². The van der Waals surface area contributed by atoms with Crippen molar-refractivity contribution in [2.45, 2.75) is 26.3 Å². The second kappa shape index (κ2) is 5.06. The summed E-state index contributed by atoms with van der Waals surface area (Å²) in [5.41, 5.74) is 4.88. The molecule has 1 N–H and O–H groups in total. The lowest BCUT2D eigenvalue weighted by Crippen LogP contribution is -2.09. The molecule has 0 fully saturated rings. The number of aliphatic carboxylic acids is 1. The molecule has 5 heteroatoms. The zero-order valence-electron chi connectivity index (χ0n) is 11.7. The Bertz CT molecular complexity index is 755. The Morgan fingerprint density at radius 3 is 3.00 bits per heavy atom. The SMILES string of the molecule is Cc1cc(C#N)ccc1-c1cnn2c1CC(CC(=O)O)C2. The van der Waals surface area contributed by atoms with Gasteiger partial charge in [0.05, 0.1) is 24.3 Å². The molecule has 0 saturated carbocycles. The molecular weight excluding hydrogens is 266 g/mol. The number of benzene rings is 1. The van der Waals surface area contributed by atoms with Crippen LogP contribution in [0, 0.1) is 24.2 Å². The van der Waals surface area contributed by atoms with Gasteiger partial charge < -0.3 is 5.11 Å². The number of carbonyl (C=O) groups is 1. The molecule has 0 saturated heterocycles. The molecule has 1 unspecified atom stereocenters. The van der Waals surface area contributed by atoms with E-state index in [-0.39, 0.29) is 12.3 Å². The number of hydrogen-bond donors (Lipinski definition) is 1. The molecule has 0 amide bonds. The summed E-state index contributed by atoms with van der Waals surface area (Å²) >= 11 is 0. The fraction of sp³-hybridized carbons (Fsp3) is 0.312. The molecule has 0 bridgehead atoms. The number of nitriles is 1. The zero-order valence-corrected chi connectivity index (χ0v) is 11.7. The minimum absolute atomic E-state index is 0.114. The lowest BCUT2D eigenvalue weighted by molar-refractivity contribution is -0.138. The third-order valence-electron chi connectivity index (χ3n) is 3.97. The fourth-order valence-corrected chi connectivity index (χ4v) is 3.01. The fourth-order valence-electron chi connectivity index (χ4n) is 3.01. The van der Waals surface area contributed by atoms with Crippen molar-refractivity contribution in [3.8, 4) is 17.2 Å². The zero-order chi connectivity index (χ0) is 15.0. The summed E-state index contributed by atoms with van der Waals surface area (Å²) < 4.78 is 1.90. The Morgan fingerprint density at radius 2 is 2.33 bits per heavy atom. The van der Waals surface area contributed by atoms with Crippen molar-refractivity contribution in [3.63, 3.8) is 0 Å². The highest BCUT2D eigenvalue weighted by atomic mass is 16.4. The first-order valence-corrected chi connectivity index (χ1v) is 6.86. The molecule has 5 nitrogen and oxygen atoms in total. The van der Waals surface area contributed by atoms with Gasteiger partial charge in [0, 0.05) is 17.8 Å². The first kappa shape index (κ1) is 13.4. The number of rotatable bonds is 3. The Morgan fingerprint density at radius 1 is 1.52 bits per heavy atom. The van der Waals surface area contributed by atoms with Crippen LogP contribution in [0.2, 0.25) is 0 Å². The number of nitrogens with zero attached hydrogens (tertiary/aromatic N) is 3. The Labute approximate surface area is 122 Å². The van der Waals surface area contributed by atoms with Crippen molar-refractivity contribution in [2.75, 3.05) is 0 Å². The molecular formula is C16H15N3O2. The van der Waals surface area contributed by atoms with Crippen molar-refractivity contribution in [3.05, 3.63) is 41.2 Å². The summed E-state index contributed by atoms with van der Waals surface area (Å²) in [5.74, 6) is -0.648. The van der Waals surface area contributed by atoms with Crippen molar-refractivity contribution in [1.82, 2.24) is 9.78 Å². The van der Waals surface area contributed by atoms with E-state index in [1.165, 1.54) is 0 Å². The highest BCUT2D eigenvalue weighted by molar-refractivity contribution is 5.71. The van der Waals surface area contributed by atoms with E-state index < -0.39 is 5.97 Å². The van der Waals surface area contributed by atoms with E-state index in [9.17, 15) is 4.79 Å². The molecule has 21 heavy (non-hydrogen) atoms. The summed E-state index contributed by atoms with van der Waals surface area (Å²) in [6, 6.07) is 7.74. The van der Waals surface area contributed by atoms with Gasteiger partial charge in [0.2, 0.25) is 0 Å². The predicted molar refractivity (Wildman–Crippen MR) is 76.6 cm³/mol. The van der Waals surface area contributed by atoms with E-state index in [2.05, 4.69) is 11.2 Å². The van der Waals surface area contributed by atoms with Crippen molar-refractivity contribution < 1.29 is 9.90 Å². The van der Waals surface area contributed by atoms with E-state index in [1.807, 2.05) is 29.9 Å². The molecule has 3 rings (SSSR count). The first-order chi connectivity index (χ1) is 10.1. The van der Waals surface area contributed by atoms with Gasteiger partial charge in [0.15, 0.2) is 0 Å². The highest BCUT2D eigenvalue weighted by Crippen LogP contribution is 2.33. The van der Waals surface area contributed by atoms with Crippen LogP contribution < -0.4 is 0 Å². The smallest absolute Gasteiger partial charge is 0.303 e. The Hall–Kier alpha value is -2.61. The van der Waals surface area contributed by atoms with Gasteiger partial charge in [-0.2, -0.15) is 10.4 Å². The van der Waals surface area contributed by atoms with Gasteiger partial charge >= 0.3 is 5.97 Å². The van der Waals surface area contributed by atoms with Crippen LogP contribution in [0.5, 0.6) is 0 Å². The minimum atomic E-state index is -0.762. The van der Waals surface area contributed by atoms with Crippen LogP contribution >= 0.6 is 0 Å². The van der Waals surface area contributed by atoms with Crippen LogP contribution in [-0.2, 0) is 17.8 Å². The molecule has 2 heterocycles. The Kier molecular flexibility index (Phi) is 3.22. The number of aryl methyl sites for hydroxylation is 1. The van der Waals surface area contributed by atoms with Gasteiger partial charge in [-0.25, -0.2) is 0 Å². The first-order valence-electron chi connectivity index (χ1n) is 6.86. The quantitative estimate of drug-likeness (QED) is 0.936. The van der Waals surface area contributed by atoms with Gasteiger partial charge in [-0.3, -0.25) is 9.48 Å². The average Bonchev–Trinajstić information content (AvgIpc) is 2.98. The lowest BCUT2D eigenvalue weighted by Gasteiger charge is -2.07. The third-order valence-corrected chi connectivity index (χ3v) is 3.97. The average molecular weight is 281 g/mol. The lowest BCUT2D eigenvalue weighted by atomic mass is 9.95. The molecule has 0 aliphatic carbocycles. The summed E-state index contributed by atoms with van der Waals surface area (Å²) in [4.78, 5) is 10.8. The highest BCUT2D eigenvalue weighted by Gasteiger charge is 2.27. The number of fused-ring (bicyclic) bond motifs is 1. The molecule has 1 aliphatic heterocycles.